The molecule has 5 rings (SSSR count). The lowest BCUT2D eigenvalue weighted by molar-refractivity contribution is 0.0519. The number of rotatable bonds is 2. The second-order valence-corrected chi connectivity index (χ2v) is 5.73. The molecular weight excluding hydrogens is 228 g/mol. The molecule has 3 aliphatic heterocycles. The van der Waals surface area contributed by atoms with Gasteiger partial charge < -0.3 is 5.32 Å². The van der Waals surface area contributed by atoms with Crippen LogP contribution in [0, 0.1) is 5.41 Å². The second-order valence-electron chi connectivity index (χ2n) is 5.73. The number of carbonyl (C=O) groups is 2. The van der Waals surface area contributed by atoms with Crippen molar-refractivity contribution in [3.05, 3.63) is 35.4 Å². The summed E-state index contributed by atoms with van der Waals surface area (Å²) in [6.07, 6.45) is 2.20. The Hall–Kier alpha value is -1.68. The van der Waals surface area contributed by atoms with Crippen molar-refractivity contribution in [1.29, 1.82) is 0 Å². The number of carbonyl (C=O) groups excluding carboxylic acids is 2. The van der Waals surface area contributed by atoms with Crippen LogP contribution in [0.25, 0.3) is 0 Å². The molecule has 18 heavy (non-hydrogen) atoms. The van der Waals surface area contributed by atoms with Gasteiger partial charge in [-0.1, -0.05) is 12.1 Å². The van der Waals surface area contributed by atoms with Crippen LogP contribution in [0.3, 0.4) is 0 Å². The number of hydrogen-bond acceptors (Lipinski definition) is 3. The minimum absolute atomic E-state index is 0.125. The van der Waals surface area contributed by atoms with Gasteiger partial charge in [0.1, 0.15) is 0 Å². The SMILES string of the molecule is O=C1c2ccccc2C(=O)N1CC12CNC(C1)C2. The highest BCUT2D eigenvalue weighted by Crippen LogP contribution is 2.47. The van der Waals surface area contributed by atoms with E-state index in [0.29, 0.717) is 23.7 Å². The molecule has 4 aliphatic rings. The molecule has 0 unspecified atom stereocenters. The maximum atomic E-state index is 12.2. The van der Waals surface area contributed by atoms with Gasteiger partial charge >= 0.3 is 0 Å². The van der Waals surface area contributed by atoms with Crippen LogP contribution in [0.15, 0.2) is 24.3 Å². The third-order valence-corrected chi connectivity index (χ3v) is 4.50. The fourth-order valence-corrected chi connectivity index (χ4v) is 3.54. The topological polar surface area (TPSA) is 49.4 Å². The Morgan fingerprint density at radius 2 is 1.78 bits per heavy atom. The van der Waals surface area contributed by atoms with Gasteiger partial charge in [-0.2, -0.15) is 0 Å². The number of fused-ring (bicyclic) bond motifs is 2. The van der Waals surface area contributed by atoms with Crippen molar-refractivity contribution >= 4 is 11.8 Å². The van der Waals surface area contributed by atoms with Crippen molar-refractivity contribution in [2.45, 2.75) is 18.9 Å². The lowest BCUT2D eigenvalue weighted by Gasteiger charge is -2.39. The molecule has 0 radical (unpaired) electrons. The van der Waals surface area contributed by atoms with E-state index in [2.05, 4.69) is 5.32 Å². The predicted octanol–water partition coefficient (Wildman–Crippen LogP) is 1.03. The Morgan fingerprint density at radius 3 is 2.28 bits per heavy atom. The largest absolute Gasteiger partial charge is 0.313 e. The van der Waals surface area contributed by atoms with E-state index in [0.717, 1.165) is 19.4 Å². The van der Waals surface area contributed by atoms with Crippen molar-refractivity contribution in [1.82, 2.24) is 10.2 Å². The van der Waals surface area contributed by atoms with Crippen molar-refractivity contribution in [2.75, 3.05) is 13.1 Å². The number of imide groups is 1. The van der Waals surface area contributed by atoms with Gasteiger partial charge in [-0.3, -0.25) is 14.5 Å². The first-order valence-electron chi connectivity index (χ1n) is 6.37. The molecule has 0 atom stereocenters. The maximum absolute atomic E-state index is 12.2. The summed E-state index contributed by atoms with van der Waals surface area (Å²) in [7, 11) is 0. The molecular formula is C14H14N2O2. The Kier molecular flexibility index (Phi) is 1.83. The van der Waals surface area contributed by atoms with E-state index >= 15 is 0 Å². The monoisotopic (exact) mass is 242 g/mol. The van der Waals surface area contributed by atoms with Crippen molar-refractivity contribution in [3.8, 4) is 0 Å². The molecule has 0 aromatic heterocycles. The lowest BCUT2D eigenvalue weighted by Crippen LogP contribution is -2.46. The maximum Gasteiger partial charge on any atom is 0.261 e. The van der Waals surface area contributed by atoms with Gasteiger partial charge in [-0.05, 0) is 25.0 Å². The Morgan fingerprint density at radius 1 is 1.17 bits per heavy atom. The van der Waals surface area contributed by atoms with E-state index in [9.17, 15) is 9.59 Å². The molecule has 92 valence electrons. The molecule has 3 heterocycles. The molecule has 2 saturated heterocycles. The molecule has 4 nitrogen and oxygen atoms in total. The van der Waals surface area contributed by atoms with Crippen LogP contribution in [0.2, 0.25) is 0 Å². The molecule has 1 saturated carbocycles. The highest BCUT2D eigenvalue weighted by Gasteiger charge is 2.53. The smallest absolute Gasteiger partial charge is 0.261 e. The standard InChI is InChI=1S/C14H14N2O2/c17-12-10-3-1-2-4-11(10)13(18)16(12)8-14-5-9(6-14)15-7-14/h1-4,9,15H,5-8H2. The van der Waals surface area contributed by atoms with Crippen LogP contribution in [-0.4, -0.2) is 35.8 Å². The summed E-state index contributed by atoms with van der Waals surface area (Å²) in [5.41, 5.74) is 1.26. The number of nitrogens with one attached hydrogen (secondary N) is 1. The van der Waals surface area contributed by atoms with Gasteiger partial charge in [0.05, 0.1) is 11.1 Å². The van der Waals surface area contributed by atoms with Gasteiger partial charge in [0.25, 0.3) is 11.8 Å². The van der Waals surface area contributed by atoms with Crippen molar-refractivity contribution in [3.63, 3.8) is 0 Å². The second kappa shape index (κ2) is 3.20. The minimum Gasteiger partial charge on any atom is -0.313 e. The first-order chi connectivity index (χ1) is 8.69. The summed E-state index contributed by atoms with van der Waals surface area (Å²) in [6, 6.07) is 7.71. The fourth-order valence-electron chi connectivity index (χ4n) is 3.54. The lowest BCUT2D eigenvalue weighted by atomic mass is 9.70. The zero-order chi connectivity index (χ0) is 12.3. The first-order valence-corrected chi connectivity index (χ1v) is 6.37. The molecule has 1 aromatic rings. The third kappa shape index (κ3) is 1.18. The summed E-state index contributed by atoms with van der Waals surface area (Å²) in [4.78, 5) is 25.9. The van der Waals surface area contributed by atoms with Gasteiger partial charge in [0, 0.05) is 24.5 Å². The number of benzene rings is 1. The van der Waals surface area contributed by atoms with Crippen molar-refractivity contribution < 1.29 is 9.59 Å². The zero-order valence-corrected chi connectivity index (χ0v) is 9.98. The molecule has 4 heteroatoms. The summed E-state index contributed by atoms with van der Waals surface area (Å²) < 4.78 is 0. The molecule has 3 fully saturated rings. The molecule has 2 bridgehead atoms. The van der Waals surface area contributed by atoms with Gasteiger partial charge in [-0.15, -0.1) is 0 Å². The number of nitrogens with zero attached hydrogens (tertiary/aromatic N) is 1. The van der Waals surface area contributed by atoms with Crippen molar-refractivity contribution in [2.24, 2.45) is 5.41 Å². The first kappa shape index (κ1) is 10.3. The average molecular weight is 242 g/mol. The third-order valence-electron chi connectivity index (χ3n) is 4.50. The van der Waals surface area contributed by atoms with Crippen LogP contribution in [0.5, 0.6) is 0 Å². The molecule has 1 aliphatic carbocycles. The van der Waals surface area contributed by atoms with Crippen LogP contribution in [-0.2, 0) is 0 Å². The molecule has 0 spiro atoms. The van der Waals surface area contributed by atoms with Crippen LogP contribution in [0.1, 0.15) is 33.6 Å². The Bertz CT molecular complexity index is 520. The summed E-state index contributed by atoms with van der Waals surface area (Å²) in [5.74, 6) is -0.249. The van der Waals surface area contributed by atoms with Gasteiger partial charge in [-0.25, -0.2) is 0 Å². The Balaban J connectivity index is 1.64. The normalized spacial score (nSPS) is 32.7. The summed E-state index contributed by atoms with van der Waals surface area (Å²) in [5, 5.41) is 3.41. The Labute approximate surface area is 105 Å². The van der Waals surface area contributed by atoms with E-state index in [1.807, 2.05) is 12.1 Å². The minimum atomic E-state index is -0.125. The molecule has 1 N–H and O–H groups in total. The molecule has 2 amide bonds. The highest BCUT2D eigenvalue weighted by molar-refractivity contribution is 6.21. The van der Waals surface area contributed by atoms with E-state index in [1.165, 1.54) is 4.90 Å². The van der Waals surface area contributed by atoms with E-state index in [4.69, 9.17) is 0 Å². The fraction of sp³-hybridized carbons (Fsp3) is 0.429. The van der Waals surface area contributed by atoms with Crippen LogP contribution >= 0.6 is 0 Å². The van der Waals surface area contributed by atoms with E-state index < -0.39 is 0 Å². The molecule has 1 aromatic carbocycles. The van der Waals surface area contributed by atoms with E-state index in [-0.39, 0.29) is 17.2 Å². The van der Waals surface area contributed by atoms with Crippen LogP contribution < -0.4 is 5.32 Å². The van der Waals surface area contributed by atoms with Gasteiger partial charge in [0.2, 0.25) is 0 Å². The quantitative estimate of drug-likeness (QED) is 0.788. The highest BCUT2D eigenvalue weighted by atomic mass is 16.2. The number of amides is 2. The summed E-state index contributed by atoms with van der Waals surface area (Å²) >= 11 is 0. The average Bonchev–Trinajstić information content (AvgIpc) is 2.99. The zero-order valence-electron chi connectivity index (χ0n) is 9.98. The van der Waals surface area contributed by atoms with Gasteiger partial charge in [0.15, 0.2) is 0 Å². The summed E-state index contributed by atoms with van der Waals surface area (Å²) in [6.45, 7) is 1.51. The van der Waals surface area contributed by atoms with Crippen LogP contribution in [0.4, 0.5) is 0 Å². The predicted molar refractivity (Wildman–Crippen MR) is 65.3 cm³/mol. The van der Waals surface area contributed by atoms with E-state index in [1.54, 1.807) is 12.1 Å². The number of hydrogen-bond donors (Lipinski definition) is 1.